The molecule has 0 fully saturated rings. The van der Waals surface area contributed by atoms with Gasteiger partial charge in [0.1, 0.15) is 5.88 Å². The highest BCUT2D eigenvalue weighted by molar-refractivity contribution is 6.29. The predicted octanol–water partition coefficient (Wildman–Crippen LogP) is 7.58. The van der Waals surface area contributed by atoms with Crippen molar-refractivity contribution < 1.29 is 9.72 Å². The third-order valence-corrected chi connectivity index (χ3v) is 5.74. The maximum absolute atomic E-state index is 11.9. The van der Waals surface area contributed by atoms with E-state index in [-0.39, 0.29) is 22.4 Å². The van der Waals surface area contributed by atoms with Gasteiger partial charge in [-0.15, -0.1) is 11.6 Å². The van der Waals surface area contributed by atoms with Crippen LogP contribution in [0.2, 0.25) is 0 Å². The molecule has 0 aliphatic heterocycles. The zero-order valence-electron chi connectivity index (χ0n) is 18.8. The summed E-state index contributed by atoms with van der Waals surface area (Å²) in [6.45, 7) is 4.38. The molecule has 170 valence electrons. The molecule has 1 rings (SSSR count). The number of rotatable bonds is 17. The number of nitrogens with one attached hydrogen (secondary N) is 1. The van der Waals surface area contributed by atoms with Gasteiger partial charge in [0.15, 0.2) is 0 Å². The Morgan fingerprint density at radius 2 is 1.37 bits per heavy atom. The van der Waals surface area contributed by atoms with Crippen molar-refractivity contribution in [1.82, 2.24) is 0 Å². The van der Waals surface area contributed by atoms with E-state index in [1.807, 2.05) is 0 Å². The quantitative estimate of drug-likeness (QED) is 0.118. The van der Waals surface area contributed by atoms with E-state index in [0.29, 0.717) is 17.7 Å². The number of nitro groups is 1. The van der Waals surface area contributed by atoms with Crippen LogP contribution < -0.4 is 5.32 Å². The average molecular weight is 439 g/mol. The third-order valence-electron chi connectivity index (χ3n) is 5.50. The maximum Gasteiger partial charge on any atom is 0.273 e. The lowest BCUT2D eigenvalue weighted by Gasteiger charge is -2.14. The lowest BCUT2D eigenvalue weighted by atomic mass is 9.97. The van der Waals surface area contributed by atoms with Crippen molar-refractivity contribution in [2.75, 3.05) is 11.2 Å². The Labute approximate surface area is 187 Å². The van der Waals surface area contributed by atoms with Crippen molar-refractivity contribution in [3.05, 3.63) is 33.4 Å². The van der Waals surface area contributed by atoms with Crippen molar-refractivity contribution in [3.8, 4) is 0 Å². The normalized spacial score (nSPS) is 10.9. The van der Waals surface area contributed by atoms with Crippen molar-refractivity contribution in [2.24, 2.45) is 0 Å². The number of amides is 1. The Balaban J connectivity index is 2.87. The maximum atomic E-state index is 11.9. The number of nitro benzene ring substituents is 1. The van der Waals surface area contributed by atoms with E-state index in [4.69, 9.17) is 11.6 Å². The number of carbonyl (C=O) groups is 1. The number of benzene rings is 1. The summed E-state index contributed by atoms with van der Waals surface area (Å²) in [6, 6.07) is 3.48. The average Bonchev–Trinajstić information content (AvgIpc) is 2.73. The first-order valence-electron chi connectivity index (χ1n) is 11.7. The van der Waals surface area contributed by atoms with Gasteiger partial charge in [-0.1, -0.05) is 78.1 Å². The van der Waals surface area contributed by atoms with Crippen LogP contribution in [0.25, 0.3) is 0 Å². The summed E-state index contributed by atoms with van der Waals surface area (Å²) < 4.78 is 0. The first kappa shape index (κ1) is 26.4. The van der Waals surface area contributed by atoms with Gasteiger partial charge in [-0.3, -0.25) is 14.9 Å². The molecule has 1 aromatic rings. The van der Waals surface area contributed by atoms with Crippen LogP contribution in [0.4, 0.5) is 11.4 Å². The molecule has 0 saturated carbocycles. The molecule has 0 unspecified atom stereocenters. The van der Waals surface area contributed by atoms with Gasteiger partial charge in [-0.25, -0.2) is 0 Å². The van der Waals surface area contributed by atoms with Gasteiger partial charge < -0.3 is 5.32 Å². The third kappa shape index (κ3) is 10.4. The van der Waals surface area contributed by atoms with Gasteiger partial charge in [0.25, 0.3) is 5.69 Å². The minimum Gasteiger partial charge on any atom is -0.325 e. The van der Waals surface area contributed by atoms with Crippen LogP contribution in [0.15, 0.2) is 12.1 Å². The van der Waals surface area contributed by atoms with Crippen LogP contribution in [0, 0.1) is 10.1 Å². The molecule has 6 heteroatoms. The zero-order valence-corrected chi connectivity index (χ0v) is 19.6. The molecule has 0 radical (unpaired) electrons. The summed E-state index contributed by atoms with van der Waals surface area (Å²) in [6.07, 6.45) is 15.1. The second-order valence-corrected chi connectivity index (χ2v) is 8.38. The van der Waals surface area contributed by atoms with E-state index in [0.717, 1.165) is 44.1 Å². The number of unbranched alkanes of at least 4 members (excludes halogenated alkanes) is 10. The zero-order chi connectivity index (χ0) is 22.2. The Kier molecular flexibility index (Phi) is 14.2. The van der Waals surface area contributed by atoms with E-state index in [9.17, 15) is 14.9 Å². The van der Waals surface area contributed by atoms with Crippen LogP contribution in [0.5, 0.6) is 0 Å². The van der Waals surface area contributed by atoms with Crippen LogP contribution in [-0.2, 0) is 17.6 Å². The first-order valence-corrected chi connectivity index (χ1v) is 12.2. The molecular formula is C24H39ClN2O3. The molecule has 0 spiro atoms. The van der Waals surface area contributed by atoms with Crippen LogP contribution in [-0.4, -0.2) is 16.7 Å². The Hall–Kier alpha value is -1.62. The molecule has 1 N–H and O–H groups in total. The van der Waals surface area contributed by atoms with E-state index >= 15 is 0 Å². The molecule has 0 heterocycles. The molecule has 1 aromatic carbocycles. The summed E-state index contributed by atoms with van der Waals surface area (Å²) in [5, 5.41) is 14.5. The molecule has 30 heavy (non-hydrogen) atoms. The highest BCUT2D eigenvalue weighted by Crippen LogP contribution is 2.30. The van der Waals surface area contributed by atoms with E-state index in [1.54, 1.807) is 12.1 Å². The van der Waals surface area contributed by atoms with Crippen LogP contribution in [0.3, 0.4) is 0 Å². The van der Waals surface area contributed by atoms with Gasteiger partial charge >= 0.3 is 0 Å². The largest absolute Gasteiger partial charge is 0.325 e. The number of alkyl halides is 1. The lowest BCUT2D eigenvalue weighted by Crippen LogP contribution is -2.15. The van der Waals surface area contributed by atoms with Crippen LogP contribution >= 0.6 is 11.6 Å². The number of aryl methyl sites for hydroxylation is 2. The van der Waals surface area contributed by atoms with Crippen molar-refractivity contribution in [2.45, 2.75) is 104 Å². The number of hydrogen-bond acceptors (Lipinski definition) is 3. The topological polar surface area (TPSA) is 72.2 Å². The van der Waals surface area contributed by atoms with Crippen molar-refractivity contribution >= 4 is 28.9 Å². The predicted molar refractivity (Wildman–Crippen MR) is 127 cm³/mol. The summed E-state index contributed by atoms with van der Waals surface area (Å²) >= 11 is 5.67. The van der Waals surface area contributed by atoms with Gasteiger partial charge in [0.05, 0.1) is 4.92 Å². The van der Waals surface area contributed by atoms with E-state index in [1.165, 1.54) is 44.9 Å². The number of halogens is 1. The Morgan fingerprint density at radius 1 is 0.867 bits per heavy atom. The fourth-order valence-corrected chi connectivity index (χ4v) is 3.81. The molecule has 0 saturated heterocycles. The molecule has 0 bridgehead atoms. The van der Waals surface area contributed by atoms with Crippen molar-refractivity contribution in [1.29, 1.82) is 0 Å². The summed E-state index contributed by atoms with van der Waals surface area (Å²) in [5.41, 5.74) is 2.39. The number of anilines is 1. The van der Waals surface area contributed by atoms with Gasteiger partial charge in [-0.2, -0.15) is 0 Å². The monoisotopic (exact) mass is 438 g/mol. The summed E-state index contributed by atoms with van der Waals surface area (Å²) in [5.74, 6) is -0.402. The fraction of sp³-hybridized carbons (Fsp3) is 0.708. The lowest BCUT2D eigenvalue weighted by molar-refractivity contribution is -0.385. The minimum atomic E-state index is -0.287. The molecule has 0 aliphatic carbocycles. The van der Waals surface area contributed by atoms with Crippen molar-refractivity contribution in [3.63, 3.8) is 0 Å². The van der Waals surface area contributed by atoms with E-state index in [2.05, 4.69) is 19.2 Å². The number of carbonyl (C=O) groups excluding carboxylic acids is 1. The Bertz CT molecular complexity index is 650. The first-order chi connectivity index (χ1) is 14.5. The summed E-state index contributed by atoms with van der Waals surface area (Å²) in [4.78, 5) is 23.3. The van der Waals surface area contributed by atoms with E-state index < -0.39 is 0 Å². The second-order valence-electron chi connectivity index (χ2n) is 8.11. The fourth-order valence-electron chi connectivity index (χ4n) is 3.74. The van der Waals surface area contributed by atoms with Crippen LogP contribution in [0.1, 0.15) is 102 Å². The summed E-state index contributed by atoms with van der Waals surface area (Å²) in [7, 11) is 0. The molecule has 5 nitrogen and oxygen atoms in total. The molecular weight excluding hydrogens is 400 g/mol. The standard InChI is InChI=1S/C24H39ClN2O3/c1-3-5-7-9-11-13-15-20-18-23(27(29)30)21(16-14-12-10-8-6-4-2)17-22(20)26-24(28)19-25/h17-18H,3-16,19H2,1-2H3,(H,26,28). The highest BCUT2D eigenvalue weighted by atomic mass is 35.5. The Morgan fingerprint density at radius 3 is 1.87 bits per heavy atom. The molecule has 0 atom stereocenters. The SMILES string of the molecule is CCCCCCCCc1cc([N+](=O)[O-])c(CCCCCCCC)cc1NC(=O)CCl. The van der Waals surface area contributed by atoms with Gasteiger partial charge in [-0.05, 0) is 37.3 Å². The molecule has 0 aromatic heterocycles. The molecule has 1 amide bonds. The smallest absolute Gasteiger partial charge is 0.273 e. The number of nitrogens with zero attached hydrogens (tertiary/aromatic N) is 1. The second kappa shape index (κ2) is 16.1. The molecule has 0 aliphatic rings. The van der Waals surface area contributed by atoms with Gasteiger partial charge in [0, 0.05) is 17.3 Å². The highest BCUT2D eigenvalue weighted by Gasteiger charge is 2.19. The van der Waals surface area contributed by atoms with Gasteiger partial charge in [0.2, 0.25) is 5.91 Å². The number of hydrogen-bond donors (Lipinski definition) is 1. The minimum absolute atomic E-state index is 0.125.